The predicted molar refractivity (Wildman–Crippen MR) is 53.8 cm³/mol. The van der Waals surface area contributed by atoms with E-state index in [4.69, 9.17) is 9.47 Å². The molecule has 2 nitrogen and oxygen atoms in total. The van der Waals surface area contributed by atoms with Gasteiger partial charge in [0.15, 0.2) is 0 Å². The highest BCUT2D eigenvalue weighted by Crippen LogP contribution is 2.18. The molecule has 1 rings (SSSR count). The molecule has 0 aromatic rings. The third kappa shape index (κ3) is 4.63. The van der Waals surface area contributed by atoms with E-state index in [1.165, 1.54) is 12.8 Å². The molecule has 1 heterocycles. The van der Waals surface area contributed by atoms with E-state index >= 15 is 0 Å². The Morgan fingerprint density at radius 2 is 2.08 bits per heavy atom. The van der Waals surface area contributed by atoms with Crippen LogP contribution in [0.4, 0.5) is 0 Å². The number of epoxide rings is 1. The van der Waals surface area contributed by atoms with Gasteiger partial charge in [0, 0.05) is 6.61 Å². The Hall–Kier alpha value is -0.0800. The first-order chi connectivity index (χ1) is 6.24. The molecule has 13 heavy (non-hydrogen) atoms. The molecule has 1 aliphatic heterocycles. The van der Waals surface area contributed by atoms with Gasteiger partial charge in [0.05, 0.1) is 13.2 Å². The van der Waals surface area contributed by atoms with Crippen molar-refractivity contribution < 1.29 is 9.47 Å². The Morgan fingerprint density at radius 1 is 1.38 bits per heavy atom. The molecule has 0 aliphatic carbocycles. The average Bonchev–Trinajstić information content (AvgIpc) is 2.94. The van der Waals surface area contributed by atoms with E-state index < -0.39 is 0 Å². The van der Waals surface area contributed by atoms with Gasteiger partial charge >= 0.3 is 0 Å². The second-order valence-electron chi connectivity index (χ2n) is 4.18. The highest BCUT2D eigenvalue weighted by Gasteiger charge is 2.22. The first-order valence-electron chi connectivity index (χ1n) is 5.43. The van der Waals surface area contributed by atoms with Crippen molar-refractivity contribution in [1.29, 1.82) is 0 Å². The van der Waals surface area contributed by atoms with E-state index in [1.54, 1.807) is 0 Å². The Kier molecular flexibility index (Phi) is 4.74. The molecule has 0 saturated carbocycles. The molecule has 0 aromatic heterocycles. The molecule has 3 atom stereocenters. The Morgan fingerprint density at radius 3 is 2.62 bits per heavy atom. The van der Waals surface area contributed by atoms with Crippen LogP contribution in [0.15, 0.2) is 0 Å². The van der Waals surface area contributed by atoms with Crippen molar-refractivity contribution in [1.82, 2.24) is 0 Å². The van der Waals surface area contributed by atoms with E-state index in [2.05, 4.69) is 20.8 Å². The molecule has 1 fully saturated rings. The van der Waals surface area contributed by atoms with Gasteiger partial charge in [0.25, 0.3) is 0 Å². The maximum absolute atomic E-state index is 5.50. The summed E-state index contributed by atoms with van der Waals surface area (Å²) in [6, 6.07) is 0. The van der Waals surface area contributed by atoms with Gasteiger partial charge in [-0.3, -0.25) is 0 Å². The van der Waals surface area contributed by atoms with Crippen molar-refractivity contribution in [2.75, 3.05) is 19.8 Å². The average molecular weight is 186 g/mol. The van der Waals surface area contributed by atoms with Gasteiger partial charge in [-0.2, -0.15) is 0 Å². The zero-order chi connectivity index (χ0) is 9.68. The van der Waals surface area contributed by atoms with Crippen molar-refractivity contribution in [3.05, 3.63) is 0 Å². The zero-order valence-electron chi connectivity index (χ0n) is 9.08. The quantitative estimate of drug-likeness (QED) is 0.450. The largest absolute Gasteiger partial charge is 0.379 e. The van der Waals surface area contributed by atoms with E-state index in [-0.39, 0.29) is 0 Å². The van der Waals surface area contributed by atoms with Crippen LogP contribution in [0.5, 0.6) is 0 Å². The fraction of sp³-hybridized carbons (Fsp3) is 1.00. The van der Waals surface area contributed by atoms with Gasteiger partial charge < -0.3 is 9.47 Å². The van der Waals surface area contributed by atoms with Gasteiger partial charge in [0.2, 0.25) is 0 Å². The van der Waals surface area contributed by atoms with Crippen LogP contribution in [0.3, 0.4) is 0 Å². The smallest absolute Gasteiger partial charge is 0.104 e. The van der Waals surface area contributed by atoms with Crippen LogP contribution >= 0.6 is 0 Å². The SMILES string of the molecule is CCC(C)C(C)CCOCC1CO1. The summed E-state index contributed by atoms with van der Waals surface area (Å²) in [5.74, 6) is 1.60. The molecule has 0 N–H and O–H groups in total. The fourth-order valence-electron chi connectivity index (χ4n) is 1.34. The predicted octanol–water partition coefficient (Wildman–Crippen LogP) is 2.47. The van der Waals surface area contributed by atoms with Crippen LogP contribution in [0.2, 0.25) is 0 Å². The standard InChI is InChI=1S/C11H22O2/c1-4-9(2)10(3)5-6-12-7-11-8-13-11/h9-11H,4-8H2,1-3H3. The van der Waals surface area contributed by atoms with Crippen LogP contribution in [-0.2, 0) is 9.47 Å². The van der Waals surface area contributed by atoms with E-state index in [1.807, 2.05) is 0 Å². The topological polar surface area (TPSA) is 21.8 Å². The normalized spacial score (nSPS) is 25.6. The lowest BCUT2D eigenvalue weighted by atomic mass is 9.91. The molecule has 0 radical (unpaired) electrons. The monoisotopic (exact) mass is 186 g/mol. The van der Waals surface area contributed by atoms with Gasteiger partial charge in [-0.05, 0) is 18.3 Å². The molecule has 0 amide bonds. The molecular weight excluding hydrogens is 164 g/mol. The lowest BCUT2D eigenvalue weighted by Gasteiger charge is -2.17. The molecule has 3 unspecified atom stereocenters. The molecule has 1 saturated heterocycles. The van der Waals surface area contributed by atoms with Crippen LogP contribution < -0.4 is 0 Å². The third-order valence-corrected chi connectivity index (χ3v) is 3.04. The number of hydrogen-bond acceptors (Lipinski definition) is 2. The van der Waals surface area contributed by atoms with E-state index in [9.17, 15) is 0 Å². The molecule has 0 aromatic carbocycles. The number of hydrogen-bond donors (Lipinski definition) is 0. The van der Waals surface area contributed by atoms with Crippen molar-refractivity contribution in [3.8, 4) is 0 Å². The summed E-state index contributed by atoms with van der Waals surface area (Å²) in [4.78, 5) is 0. The maximum atomic E-state index is 5.50. The lowest BCUT2D eigenvalue weighted by molar-refractivity contribution is 0.0996. The first kappa shape index (κ1) is 11.0. The number of ether oxygens (including phenoxy) is 2. The first-order valence-corrected chi connectivity index (χ1v) is 5.43. The molecular formula is C11H22O2. The zero-order valence-corrected chi connectivity index (χ0v) is 9.08. The maximum Gasteiger partial charge on any atom is 0.104 e. The minimum Gasteiger partial charge on any atom is -0.379 e. The Balaban J connectivity index is 1.90. The second-order valence-corrected chi connectivity index (χ2v) is 4.18. The summed E-state index contributed by atoms with van der Waals surface area (Å²) >= 11 is 0. The minimum atomic E-state index is 0.416. The van der Waals surface area contributed by atoms with Crippen molar-refractivity contribution in [2.24, 2.45) is 11.8 Å². The summed E-state index contributed by atoms with van der Waals surface area (Å²) < 4.78 is 10.6. The van der Waals surface area contributed by atoms with Crippen LogP contribution in [0.25, 0.3) is 0 Å². The van der Waals surface area contributed by atoms with Crippen LogP contribution in [0, 0.1) is 11.8 Å². The number of rotatable bonds is 7. The third-order valence-electron chi connectivity index (χ3n) is 3.04. The summed E-state index contributed by atoms with van der Waals surface area (Å²) in [5.41, 5.74) is 0. The van der Waals surface area contributed by atoms with E-state index in [0.717, 1.165) is 31.7 Å². The van der Waals surface area contributed by atoms with Crippen LogP contribution in [-0.4, -0.2) is 25.9 Å². The van der Waals surface area contributed by atoms with Gasteiger partial charge in [-0.1, -0.05) is 27.2 Å². The molecule has 0 spiro atoms. The summed E-state index contributed by atoms with van der Waals surface area (Å²) in [6.07, 6.45) is 2.87. The summed E-state index contributed by atoms with van der Waals surface area (Å²) in [7, 11) is 0. The lowest BCUT2D eigenvalue weighted by Crippen LogP contribution is -2.11. The molecule has 0 bridgehead atoms. The molecule has 1 aliphatic rings. The second kappa shape index (κ2) is 5.61. The fourth-order valence-corrected chi connectivity index (χ4v) is 1.34. The molecule has 78 valence electrons. The van der Waals surface area contributed by atoms with Crippen molar-refractivity contribution in [2.45, 2.75) is 39.7 Å². The van der Waals surface area contributed by atoms with Crippen molar-refractivity contribution in [3.63, 3.8) is 0 Å². The summed E-state index contributed by atoms with van der Waals surface area (Å²) in [6.45, 7) is 9.47. The van der Waals surface area contributed by atoms with Crippen LogP contribution in [0.1, 0.15) is 33.6 Å². The minimum absolute atomic E-state index is 0.416. The summed E-state index contributed by atoms with van der Waals surface area (Å²) in [5, 5.41) is 0. The van der Waals surface area contributed by atoms with Gasteiger partial charge in [-0.25, -0.2) is 0 Å². The highest BCUT2D eigenvalue weighted by atomic mass is 16.6. The Bertz CT molecular complexity index is 132. The Labute approximate surface area is 81.6 Å². The highest BCUT2D eigenvalue weighted by molar-refractivity contribution is 4.67. The molecule has 2 heteroatoms. The van der Waals surface area contributed by atoms with Crippen molar-refractivity contribution >= 4 is 0 Å². The van der Waals surface area contributed by atoms with E-state index in [0.29, 0.717) is 6.10 Å². The van der Waals surface area contributed by atoms with Gasteiger partial charge in [-0.15, -0.1) is 0 Å². The van der Waals surface area contributed by atoms with Gasteiger partial charge in [0.1, 0.15) is 6.10 Å².